The summed E-state index contributed by atoms with van der Waals surface area (Å²) in [6, 6.07) is 5.81. The summed E-state index contributed by atoms with van der Waals surface area (Å²) in [5.74, 6) is 0.512. The van der Waals surface area contributed by atoms with Crippen molar-refractivity contribution in [3.8, 4) is 5.75 Å². The third kappa shape index (κ3) is 3.45. The number of benzene rings is 1. The van der Waals surface area contributed by atoms with E-state index in [4.69, 9.17) is 9.47 Å². The van der Waals surface area contributed by atoms with Crippen molar-refractivity contribution in [1.82, 2.24) is 0 Å². The molecule has 0 saturated carbocycles. The number of esters is 1. The molecule has 0 aromatic heterocycles. The molecule has 0 spiro atoms. The van der Waals surface area contributed by atoms with Crippen LogP contribution in [0, 0.1) is 0 Å². The zero-order valence-corrected chi connectivity index (χ0v) is 10.6. The van der Waals surface area contributed by atoms with E-state index in [9.17, 15) is 4.79 Å². The summed E-state index contributed by atoms with van der Waals surface area (Å²) in [6.07, 6.45) is 2.26. The Balaban J connectivity index is 2.83. The fraction of sp³-hybridized carbons (Fsp3) is 0.417. The maximum atomic E-state index is 11.4. The molecule has 0 heterocycles. The number of thioether (sulfide) groups is 1. The highest BCUT2D eigenvalue weighted by molar-refractivity contribution is 7.98. The van der Waals surface area contributed by atoms with Crippen molar-refractivity contribution in [3.63, 3.8) is 0 Å². The first-order valence-corrected chi connectivity index (χ1v) is 6.30. The Bertz CT molecular complexity index is 363. The van der Waals surface area contributed by atoms with E-state index < -0.39 is 0 Å². The predicted molar refractivity (Wildman–Crippen MR) is 65.1 cm³/mol. The number of rotatable bonds is 5. The first kappa shape index (κ1) is 12.9. The highest BCUT2D eigenvalue weighted by Crippen LogP contribution is 2.25. The standard InChI is InChI=1S/C12H16O3S/c1-4-15-12(13)7-9-5-6-10(16-3)8-11(9)14-2/h5-6,8H,4,7H2,1-3H3. The van der Waals surface area contributed by atoms with Crippen LogP contribution in [0.5, 0.6) is 5.75 Å². The van der Waals surface area contributed by atoms with E-state index in [0.29, 0.717) is 6.61 Å². The number of carbonyl (C=O) groups is 1. The van der Waals surface area contributed by atoms with Gasteiger partial charge in [0.1, 0.15) is 5.75 Å². The second kappa shape index (κ2) is 6.43. The molecule has 0 fully saturated rings. The topological polar surface area (TPSA) is 35.5 Å². The minimum atomic E-state index is -0.224. The van der Waals surface area contributed by atoms with Gasteiger partial charge in [0.2, 0.25) is 0 Å². The van der Waals surface area contributed by atoms with Gasteiger partial charge in [-0.15, -0.1) is 11.8 Å². The number of ether oxygens (including phenoxy) is 2. The Morgan fingerprint density at radius 2 is 2.19 bits per heavy atom. The highest BCUT2D eigenvalue weighted by atomic mass is 32.2. The minimum absolute atomic E-state index is 0.224. The summed E-state index contributed by atoms with van der Waals surface area (Å²) >= 11 is 1.64. The van der Waals surface area contributed by atoms with Gasteiger partial charge in [-0.1, -0.05) is 6.07 Å². The van der Waals surface area contributed by atoms with Gasteiger partial charge in [0, 0.05) is 10.5 Å². The second-order valence-corrected chi connectivity index (χ2v) is 4.04. The number of hydrogen-bond acceptors (Lipinski definition) is 4. The molecule has 1 rings (SSSR count). The molecule has 3 nitrogen and oxygen atoms in total. The van der Waals surface area contributed by atoms with E-state index in [1.165, 1.54) is 0 Å². The highest BCUT2D eigenvalue weighted by Gasteiger charge is 2.09. The molecule has 1 aromatic carbocycles. The average molecular weight is 240 g/mol. The van der Waals surface area contributed by atoms with Gasteiger partial charge in [-0.2, -0.15) is 0 Å². The molecule has 16 heavy (non-hydrogen) atoms. The summed E-state index contributed by atoms with van der Waals surface area (Å²) < 4.78 is 10.1. The van der Waals surface area contributed by atoms with E-state index >= 15 is 0 Å². The molecule has 88 valence electrons. The smallest absolute Gasteiger partial charge is 0.310 e. The molecule has 1 aromatic rings. The molecule has 0 N–H and O–H groups in total. The van der Waals surface area contributed by atoms with Gasteiger partial charge in [0.05, 0.1) is 20.1 Å². The van der Waals surface area contributed by atoms with Crippen LogP contribution in [0.1, 0.15) is 12.5 Å². The zero-order chi connectivity index (χ0) is 12.0. The fourth-order valence-corrected chi connectivity index (χ4v) is 1.79. The quantitative estimate of drug-likeness (QED) is 0.585. The molecule has 0 radical (unpaired) electrons. The molecule has 0 amide bonds. The Labute approximate surface area is 100 Å². The van der Waals surface area contributed by atoms with Crippen LogP contribution in [0.25, 0.3) is 0 Å². The molecule has 0 unspecified atom stereocenters. The van der Waals surface area contributed by atoms with Crippen LogP contribution in [0.4, 0.5) is 0 Å². The molecule has 0 saturated heterocycles. The lowest BCUT2D eigenvalue weighted by atomic mass is 10.1. The lowest BCUT2D eigenvalue weighted by Crippen LogP contribution is -2.08. The Morgan fingerprint density at radius 3 is 2.75 bits per heavy atom. The molecular formula is C12H16O3S. The summed E-state index contributed by atoms with van der Waals surface area (Å²) in [4.78, 5) is 12.5. The second-order valence-electron chi connectivity index (χ2n) is 3.16. The molecule has 0 aliphatic carbocycles. The van der Waals surface area contributed by atoms with Gasteiger partial charge in [0.25, 0.3) is 0 Å². The van der Waals surface area contributed by atoms with E-state index in [0.717, 1.165) is 16.2 Å². The lowest BCUT2D eigenvalue weighted by molar-refractivity contribution is -0.142. The first-order valence-electron chi connectivity index (χ1n) is 5.07. The molecule has 0 aliphatic rings. The van der Waals surface area contributed by atoms with Crippen LogP contribution in [0.2, 0.25) is 0 Å². The van der Waals surface area contributed by atoms with Crippen molar-refractivity contribution in [2.24, 2.45) is 0 Å². The van der Waals surface area contributed by atoms with Crippen LogP contribution in [0.3, 0.4) is 0 Å². The summed E-state index contributed by atoms with van der Waals surface area (Å²) in [5, 5.41) is 0. The first-order chi connectivity index (χ1) is 7.71. The third-order valence-electron chi connectivity index (χ3n) is 2.13. The number of carbonyl (C=O) groups excluding carboxylic acids is 1. The third-order valence-corrected chi connectivity index (χ3v) is 2.86. The van der Waals surface area contributed by atoms with Gasteiger partial charge in [0.15, 0.2) is 0 Å². The fourth-order valence-electron chi connectivity index (χ4n) is 1.37. The largest absolute Gasteiger partial charge is 0.496 e. The van der Waals surface area contributed by atoms with Gasteiger partial charge in [-0.25, -0.2) is 0 Å². The SMILES string of the molecule is CCOC(=O)Cc1ccc(SC)cc1OC. The van der Waals surface area contributed by atoms with Crippen LogP contribution < -0.4 is 4.74 Å². The van der Waals surface area contributed by atoms with Gasteiger partial charge >= 0.3 is 5.97 Å². The van der Waals surface area contributed by atoms with E-state index in [2.05, 4.69) is 0 Å². The maximum Gasteiger partial charge on any atom is 0.310 e. The average Bonchev–Trinajstić information content (AvgIpc) is 2.30. The lowest BCUT2D eigenvalue weighted by Gasteiger charge is -2.09. The molecule has 0 atom stereocenters. The Morgan fingerprint density at radius 1 is 1.44 bits per heavy atom. The summed E-state index contributed by atoms with van der Waals surface area (Å²) in [5.41, 5.74) is 0.860. The van der Waals surface area contributed by atoms with E-state index in [1.54, 1.807) is 25.8 Å². The normalized spacial score (nSPS) is 9.94. The van der Waals surface area contributed by atoms with Gasteiger partial charge in [-0.3, -0.25) is 4.79 Å². The van der Waals surface area contributed by atoms with Crippen molar-refractivity contribution in [1.29, 1.82) is 0 Å². The van der Waals surface area contributed by atoms with E-state index in [1.807, 2.05) is 24.5 Å². The monoisotopic (exact) mass is 240 g/mol. The predicted octanol–water partition coefficient (Wildman–Crippen LogP) is 2.52. The molecular weight excluding hydrogens is 224 g/mol. The number of hydrogen-bond donors (Lipinski definition) is 0. The van der Waals surface area contributed by atoms with Crippen molar-refractivity contribution < 1.29 is 14.3 Å². The van der Waals surface area contributed by atoms with Crippen molar-refractivity contribution in [2.45, 2.75) is 18.2 Å². The Kier molecular flexibility index (Phi) is 5.19. The zero-order valence-electron chi connectivity index (χ0n) is 9.78. The number of methoxy groups -OCH3 is 1. The van der Waals surface area contributed by atoms with Gasteiger partial charge < -0.3 is 9.47 Å². The molecule has 0 aliphatic heterocycles. The van der Waals surface area contributed by atoms with Crippen LogP contribution in [-0.2, 0) is 16.0 Å². The minimum Gasteiger partial charge on any atom is -0.496 e. The molecule has 4 heteroatoms. The molecule has 0 bridgehead atoms. The van der Waals surface area contributed by atoms with Crippen molar-refractivity contribution in [2.75, 3.05) is 20.0 Å². The van der Waals surface area contributed by atoms with E-state index in [-0.39, 0.29) is 12.4 Å². The van der Waals surface area contributed by atoms with Gasteiger partial charge in [-0.05, 0) is 25.3 Å². The van der Waals surface area contributed by atoms with Crippen LogP contribution in [-0.4, -0.2) is 25.9 Å². The van der Waals surface area contributed by atoms with Crippen LogP contribution in [0.15, 0.2) is 23.1 Å². The summed E-state index contributed by atoms with van der Waals surface area (Å²) in [6.45, 7) is 2.20. The maximum absolute atomic E-state index is 11.4. The van der Waals surface area contributed by atoms with Crippen molar-refractivity contribution in [3.05, 3.63) is 23.8 Å². The van der Waals surface area contributed by atoms with Crippen molar-refractivity contribution >= 4 is 17.7 Å². The van der Waals surface area contributed by atoms with Crippen LogP contribution >= 0.6 is 11.8 Å². The Hall–Kier alpha value is -1.16. The summed E-state index contributed by atoms with van der Waals surface area (Å²) in [7, 11) is 1.61.